The summed E-state index contributed by atoms with van der Waals surface area (Å²) in [6.45, 7) is 4.34. The molecular formula is C17H21NO. The number of methoxy groups -OCH3 is 1. The summed E-state index contributed by atoms with van der Waals surface area (Å²) in [4.78, 5) is 0. The van der Waals surface area contributed by atoms with Crippen molar-refractivity contribution in [1.29, 1.82) is 0 Å². The van der Waals surface area contributed by atoms with Gasteiger partial charge in [-0.3, -0.25) is 0 Å². The van der Waals surface area contributed by atoms with Crippen LogP contribution in [0.1, 0.15) is 31.0 Å². The molecule has 19 heavy (non-hydrogen) atoms. The number of anilines is 1. The third kappa shape index (κ3) is 3.50. The van der Waals surface area contributed by atoms with Gasteiger partial charge < -0.3 is 10.1 Å². The molecule has 0 aliphatic heterocycles. The van der Waals surface area contributed by atoms with E-state index in [-0.39, 0.29) is 6.04 Å². The van der Waals surface area contributed by atoms with Crippen LogP contribution in [0.5, 0.6) is 5.75 Å². The number of rotatable bonds is 5. The number of hydrogen-bond acceptors (Lipinski definition) is 2. The van der Waals surface area contributed by atoms with E-state index in [0.717, 1.165) is 12.2 Å². The largest absolute Gasteiger partial charge is 0.497 e. The summed E-state index contributed by atoms with van der Waals surface area (Å²) >= 11 is 0. The third-order valence-corrected chi connectivity index (χ3v) is 3.33. The molecule has 0 fully saturated rings. The Hall–Kier alpha value is -1.96. The number of ether oxygens (including phenoxy) is 1. The van der Waals surface area contributed by atoms with Gasteiger partial charge in [-0.1, -0.05) is 31.2 Å². The average Bonchev–Trinajstić information content (AvgIpc) is 2.47. The second-order valence-electron chi connectivity index (χ2n) is 4.69. The molecule has 2 aromatic rings. The first-order chi connectivity index (χ1) is 9.22. The lowest BCUT2D eigenvalue weighted by Gasteiger charge is -2.16. The molecule has 0 aromatic heterocycles. The molecule has 0 aliphatic rings. The first kappa shape index (κ1) is 13.5. The van der Waals surface area contributed by atoms with Gasteiger partial charge in [-0.05, 0) is 48.7 Å². The van der Waals surface area contributed by atoms with Crippen LogP contribution in [0.4, 0.5) is 5.69 Å². The molecule has 1 N–H and O–H groups in total. The highest BCUT2D eigenvalue weighted by Crippen LogP contribution is 2.22. The number of hydrogen-bond donors (Lipinski definition) is 1. The van der Waals surface area contributed by atoms with Gasteiger partial charge in [0.1, 0.15) is 5.75 Å². The smallest absolute Gasteiger partial charge is 0.118 e. The Morgan fingerprint density at radius 2 is 1.84 bits per heavy atom. The van der Waals surface area contributed by atoms with E-state index >= 15 is 0 Å². The van der Waals surface area contributed by atoms with Gasteiger partial charge in [-0.2, -0.15) is 0 Å². The molecule has 0 saturated heterocycles. The number of benzene rings is 2. The molecule has 0 spiro atoms. The van der Waals surface area contributed by atoms with Crippen LogP contribution < -0.4 is 10.1 Å². The Kier molecular flexibility index (Phi) is 4.45. The van der Waals surface area contributed by atoms with Crippen molar-refractivity contribution in [3.63, 3.8) is 0 Å². The lowest BCUT2D eigenvalue weighted by molar-refractivity contribution is 0.414. The minimum atomic E-state index is 0.276. The molecule has 2 heteroatoms. The van der Waals surface area contributed by atoms with Gasteiger partial charge in [0, 0.05) is 11.7 Å². The molecule has 0 radical (unpaired) electrons. The molecule has 1 atom stereocenters. The van der Waals surface area contributed by atoms with E-state index in [1.54, 1.807) is 7.11 Å². The Morgan fingerprint density at radius 1 is 1.11 bits per heavy atom. The van der Waals surface area contributed by atoms with Crippen LogP contribution in [0.25, 0.3) is 0 Å². The molecule has 0 aliphatic carbocycles. The molecular weight excluding hydrogens is 234 g/mol. The molecule has 0 heterocycles. The minimum absolute atomic E-state index is 0.276. The van der Waals surface area contributed by atoms with Crippen LogP contribution in [-0.4, -0.2) is 7.11 Å². The maximum absolute atomic E-state index is 5.18. The highest BCUT2D eigenvalue weighted by Gasteiger charge is 2.05. The van der Waals surface area contributed by atoms with Crippen molar-refractivity contribution >= 4 is 5.69 Å². The first-order valence-corrected chi connectivity index (χ1v) is 6.72. The molecule has 2 rings (SSSR count). The SMILES string of the molecule is CCc1cccc(NC(C)c2ccc(OC)cc2)c1. The number of nitrogens with one attached hydrogen (secondary N) is 1. The zero-order valence-electron chi connectivity index (χ0n) is 11.8. The summed E-state index contributed by atoms with van der Waals surface area (Å²) in [5.74, 6) is 0.893. The quantitative estimate of drug-likeness (QED) is 0.853. The van der Waals surface area contributed by atoms with Gasteiger partial charge in [-0.25, -0.2) is 0 Å². The van der Waals surface area contributed by atoms with E-state index in [9.17, 15) is 0 Å². The summed E-state index contributed by atoms with van der Waals surface area (Å²) in [5.41, 5.74) is 3.78. The van der Waals surface area contributed by atoms with Crippen LogP contribution >= 0.6 is 0 Å². The van der Waals surface area contributed by atoms with Crippen molar-refractivity contribution in [3.8, 4) is 5.75 Å². The zero-order valence-corrected chi connectivity index (χ0v) is 11.8. The number of aryl methyl sites for hydroxylation is 1. The standard InChI is InChI=1S/C17H21NO/c1-4-14-6-5-7-16(12-14)18-13(2)15-8-10-17(19-3)11-9-15/h5-13,18H,4H2,1-3H3. The normalized spacial score (nSPS) is 11.9. The van der Waals surface area contributed by atoms with Crippen LogP contribution in [0.2, 0.25) is 0 Å². The highest BCUT2D eigenvalue weighted by atomic mass is 16.5. The van der Waals surface area contributed by atoms with Crippen molar-refractivity contribution in [2.75, 3.05) is 12.4 Å². The average molecular weight is 255 g/mol. The van der Waals surface area contributed by atoms with Gasteiger partial charge in [0.2, 0.25) is 0 Å². The third-order valence-electron chi connectivity index (χ3n) is 3.33. The topological polar surface area (TPSA) is 21.3 Å². The van der Waals surface area contributed by atoms with Gasteiger partial charge in [0.15, 0.2) is 0 Å². The Labute approximate surface area is 115 Å². The summed E-state index contributed by atoms with van der Waals surface area (Å²) in [5, 5.41) is 3.53. The van der Waals surface area contributed by atoms with Crippen molar-refractivity contribution in [2.24, 2.45) is 0 Å². The van der Waals surface area contributed by atoms with Crippen LogP contribution in [0, 0.1) is 0 Å². The maximum Gasteiger partial charge on any atom is 0.118 e. The van der Waals surface area contributed by atoms with Gasteiger partial charge in [-0.15, -0.1) is 0 Å². The Balaban J connectivity index is 2.08. The highest BCUT2D eigenvalue weighted by molar-refractivity contribution is 5.48. The fraction of sp³-hybridized carbons (Fsp3) is 0.294. The first-order valence-electron chi connectivity index (χ1n) is 6.72. The zero-order chi connectivity index (χ0) is 13.7. The fourth-order valence-electron chi connectivity index (χ4n) is 2.11. The van der Waals surface area contributed by atoms with Crippen molar-refractivity contribution in [1.82, 2.24) is 0 Å². The summed E-state index contributed by atoms with van der Waals surface area (Å²) < 4.78 is 5.18. The predicted octanol–water partition coefficient (Wildman–Crippen LogP) is 4.43. The molecule has 0 amide bonds. The van der Waals surface area contributed by atoms with E-state index in [4.69, 9.17) is 4.74 Å². The van der Waals surface area contributed by atoms with Crippen LogP contribution in [-0.2, 0) is 6.42 Å². The van der Waals surface area contributed by atoms with Gasteiger partial charge in [0.05, 0.1) is 7.11 Å². The summed E-state index contributed by atoms with van der Waals surface area (Å²) in [6, 6.07) is 17.0. The van der Waals surface area contributed by atoms with Crippen molar-refractivity contribution in [2.45, 2.75) is 26.3 Å². The molecule has 0 saturated carbocycles. The lowest BCUT2D eigenvalue weighted by atomic mass is 10.1. The Morgan fingerprint density at radius 3 is 2.47 bits per heavy atom. The van der Waals surface area contributed by atoms with E-state index < -0.39 is 0 Å². The lowest BCUT2D eigenvalue weighted by Crippen LogP contribution is -2.06. The second kappa shape index (κ2) is 6.28. The Bertz CT molecular complexity index is 519. The molecule has 2 aromatic carbocycles. The second-order valence-corrected chi connectivity index (χ2v) is 4.69. The van der Waals surface area contributed by atoms with E-state index in [0.29, 0.717) is 0 Å². The predicted molar refractivity (Wildman–Crippen MR) is 80.9 cm³/mol. The monoisotopic (exact) mass is 255 g/mol. The molecule has 0 bridgehead atoms. The summed E-state index contributed by atoms with van der Waals surface area (Å²) in [6.07, 6.45) is 1.06. The van der Waals surface area contributed by atoms with Crippen LogP contribution in [0.15, 0.2) is 48.5 Å². The van der Waals surface area contributed by atoms with E-state index in [2.05, 4.69) is 55.6 Å². The van der Waals surface area contributed by atoms with Gasteiger partial charge in [0.25, 0.3) is 0 Å². The minimum Gasteiger partial charge on any atom is -0.497 e. The molecule has 100 valence electrons. The molecule has 2 nitrogen and oxygen atoms in total. The molecule has 1 unspecified atom stereocenters. The maximum atomic E-state index is 5.18. The fourth-order valence-corrected chi connectivity index (χ4v) is 2.11. The summed E-state index contributed by atoms with van der Waals surface area (Å²) in [7, 11) is 1.69. The van der Waals surface area contributed by atoms with Crippen molar-refractivity contribution in [3.05, 3.63) is 59.7 Å². The van der Waals surface area contributed by atoms with Gasteiger partial charge >= 0.3 is 0 Å². The van der Waals surface area contributed by atoms with E-state index in [1.165, 1.54) is 16.8 Å². The van der Waals surface area contributed by atoms with Crippen molar-refractivity contribution < 1.29 is 4.74 Å². The van der Waals surface area contributed by atoms with Crippen LogP contribution in [0.3, 0.4) is 0 Å². The van der Waals surface area contributed by atoms with E-state index in [1.807, 2.05) is 12.1 Å².